The molecule has 84 valence electrons. The molecular formula is C10H8BrNO4. The van der Waals surface area contributed by atoms with Crippen LogP contribution in [0.1, 0.15) is 11.7 Å². The molecule has 0 aromatic heterocycles. The number of carbonyl (C=O) groups excluding carboxylic acids is 1. The van der Waals surface area contributed by atoms with Gasteiger partial charge in [-0.3, -0.25) is 0 Å². The first-order valence-corrected chi connectivity index (χ1v) is 5.32. The van der Waals surface area contributed by atoms with Crippen molar-refractivity contribution < 1.29 is 19.4 Å². The van der Waals surface area contributed by atoms with Gasteiger partial charge < -0.3 is 15.2 Å². The minimum absolute atomic E-state index is 0.647. The van der Waals surface area contributed by atoms with Crippen LogP contribution in [0.3, 0.4) is 0 Å². The molecule has 2 atom stereocenters. The molecule has 5 nitrogen and oxygen atoms in total. The third-order valence-electron chi connectivity index (χ3n) is 2.27. The molecular weight excluding hydrogens is 278 g/mol. The Morgan fingerprint density at radius 3 is 2.56 bits per heavy atom. The van der Waals surface area contributed by atoms with E-state index in [1.165, 1.54) is 0 Å². The van der Waals surface area contributed by atoms with Gasteiger partial charge in [0.25, 0.3) is 0 Å². The fraction of sp³-hybridized carbons (Fsp3) is 0.200. The first-order valence-electron chi connectivity index (χ1n) is 4.53. The number of ether oxygens (including phenoxy) is 1. The van der Waals surface area contributed by atoms with E-state index in [2.05, 4.69) is 21.2 Å². The first kappa shape index (κ1) is 10.9. The summed E-state index contributed by atoms with van der Waals surface area (Å²) < 4.78 is 5.79. The van der Waals surface area contributed by atoms with E-state index in [4.69, 9.17) is 9.84 Å². The molecule has 1 heterocycles. The van der Waals surface area contributed by atoms with Gasteiger partial charge in [0.1, 0.15) is 0 Å². The van der Waals surface area contributed by atoms with Gasteiger partial charge in [0, 0.05) is 4.47 Å². The molecule has 1 saturated heterocycles. The van der Waals surface area contributed by atoms with E-state index in [0.717, 1.165) is 4.47 Å². The van der Waals surface area contributed by atoms with E-state index >= 15 is 0 Å². The van der Waals surface area contributed by atoms with Crippen molar-refractivity contribution in [3.63, 3.8) is 0 Å². The van der Waals surface area contributed by atoms with Gasteiger partial charge >= 0.3 is 12.1 Å². The van der Waals surface area contributed by atoms with Gasteiger partial charge in [-0.1, -0.05) is 28.1 Å². The molecule has 16 heavy (non-hydrogen) atoms. The maximum atomic E-state index is 11.0. The van der Waals surface area contributed by atoms with Crippen LogP contribution in [0.4, 0.5) is 4.79 Å². The smallest absolute Gasteiger partial charge is 0.408 e. The Morgan fingerprint density at radius 1 is 1.38 bits per heavy atom. The Bertz CT molecular complexity index is 431. The van der Waals surface area contributed by atoms with Crippen LogP contribution < -0.4 is 5.32 Å². The van der Waals surface area contributed by atoms with Crippen LogP contribution >= 0.6 is 15.9 Å². The van der Waals surface area contributed by atoms with Gasteiger partial charge in [0.05, 0.1) is 0 Å². The number of nitrogens with one attached hydrogen (secondary N) is 1. The van der Waals surface area contributed by atoms with Crippen molar-refractivity contribution in [2.45, 2.75) is 12.1 Å². The molecule has 1 amide bonds. The highest BCUT2D eigenvalue weighted by Gasteiger charge is 2.40. The summed E-state index contributed by atoms with van der Waals surface area (Å²) in [5.41, 5.74) is 0.647. The van der Waals surface area contributed by atoms with Crippen molar-refractivity contribution in [2.24, 2.45) is 0 Å². The molecule has 0 saturated carbocycles. The summed E-state index contributed by atoms with van der Waals surface area (Å²) in [5.74, 6) is -1.11. The lowest BCUT2D eigenvalue weighted by atomic mass is 10.0. The fourth-order valence-corrected chi connectivity index (χ4v) is 1.79. The van der Waals surface area contributed by atoms with Crippen molar-refractivity contribution in [1.82, 2.24) is 5.32 Å². The van der Waals surface area contributed by atoms with Crippen LogP contribution in [0.2, 0.25) is 0 Å². The standard InChI is InChI=1S/C10H8BrNO4/c11-6-3-1-5(2-4-6)8-7(9(13)14)12-10(15)16-8/h1-4,7-8H,(H,12,15)(H,13,14). The van der Waals surface area contributed by atoms with Gasteiger partial charge in [-0.25, -0.2) is 9.59 Å². The van der Waals surface area contributed by atoms with E-state index in [0.29, 0.717) is 5.56 Å². The number of rotatable bonds is 2. The molecule has 2 N–H and O–H groups in total. The molecule has 0 aliphatic carbocycles. The predicted octanol–water partition coefficient (Wildman–Crippen LogP) is 1.68. The van der Waals surface area contributed by atoms with Crippen LogP contribution in [-0.2, 0) is 9.53 Å². The van der Waals surface area contributed by atoms with E-state index in [9.17, 15) is 9.59 Å². The number of carboxylic acids is 1. The van der Waals surface area contributed by atoms with Crippen LogP contribution in [0.25, 0.3) is 0 Å². The highest BCUT2D eigenvalue weighted by Crippen LogP contribution is 2.27. The van der Waals surface area contributed by atoms with Gasteiger partial charge in [0.15, 0.2) is 12.1 Å². The molecule has 2 rings (SSSR count). The average molecular weight is 286 g/mol. The third-order valence-corrected chi connectivity index (χ3v) is 2.80. The lowest BCUT2D eigenvalue weighted by Gasteiger charge is -2.13. The summed E-state index contributed by atoms with van der Waals surface area (Å²) in [6, 6.07) is 5.92. The number of amides is 1. The van der Waals surface area contributed by atoms with Crippen LogP contribution in [0, 0.1) is 0 Å². The second-order valence-electron chi connectivity index (χ2n) is 3.34. The number of aliphatic carboxylic acids is 1. The number of benzene rings is 1. The Morgan fingerprint density at radius 2 is 2.00 bits per heavy atom. The molecule has 1 fully saturated rings. The molecule has 1 aromatic rings. The van der Waals surface area contributed by atoms with Crippen molar-refractivity contribution in [2.75, 3.05) is 0 Å². The molecule has 2 unspecified atom stereocenters. The number of alkyl carbamates (subject to hydrolysis) is 1. The number of hydrogen-bond acceptors (Lipinski definition) is 3. The van der Waals surface area contributed by atoms with Crippen molar-refractivity contribution in [3.05, 3.63) is 34.3 Å². The monoisotopic (exact) mass is 285 g/mol. The zero-order valence-electron chi connectivity index (χ0n) is 8.01. The average Bonchev–Trinajstić information content (AvgIpc) is 2.61. The summed E-state index contributed by atoms with van der Waals surface area (Å²) in [7, 11) is 0. The second-order valence-corrected chi connectivity index (χ2v) is 4.25. The van der Waals surface area contributed by atoms with E-state index in [-0.39, 0.29) is 0 Å². The molecule has 1 aliphatic heterocycles. The minimum atomic E-state index is -1.11. The minimum Gasteiger partial charge on any atom is -0.480 e. The number of halogens is 1. The van der Waals surface area contributed by atoms with Gasteiger partial charge in [-0.2, -0.15) is 0 Å². The van der Waals surface area contributed by atoms with E-state index < -0.39 is 24.2 Å². The first-order chi connectivity index (χ1) is 7.58. The quantitative estimate of drug-likeness (QED) is 0.867. The number of carboxylic acid groups (broad SMARTS) is 1. The van der Waals surface area contributed by atoms with Crippen molar-refractivity contribution >= 4 is 28.0 Å². The van der Waals surface area contributed by atoms with E-state index in [1.807, 2.05) is 0 Å². The summed E-state index contributed by atoms with van der Waals surface area (Å²) in [4.78, 5) is 21.9. The number of cyclic esters (lactones) is 1. The lowest BCUT2D eigenvalue weighted by Crippen LogP contribution is -2.35. The Kier molecular flexibility index (Phi) is 2.82. The third kappa shape index (κ3) is 2.01. The fourth-order valence-electron chi connectivity index (χ4n) is 1.52. The van der Waals surface area contributed by atoms with Crippen molar-refractivity contribution in [1.29, 1.82) is 0 Å². The van der Waals surface area contributed by atoms with Gasteiger partial charge in [-0.05, 0) is 17.7 Å². The SMILES string of the molecule is O=C1NC(C(=O)O)C(c2ccc(Br)cc2)O1. The second kappa shape index (κ2) is 4.13. The van der Waals surface area contributed by atoms with Crippen LogP contribution in [0.15, 0.2) is 28.7 Å². The van der Waals surface area contributed by atoms with Gasteiger partial charge in [0.2, 0.25) is 0 Å². The zero-order chi connectivity index (χ0) is 11.7. The Balaban J connectivity index is 2.28. The largest absolute Gasteiger partial charge is 0.480 e. The topological polar surface area (TPSA) is 75.6 Å². The van der Waals surface area contributed by atoms with Crippen molar-refractivity contribution in [3.8, 4) is 0 Å². The normalized spacial score (nSPS) is 23.7. The van der Waals surface area contributed by atoms with Gasteiger partial charge in [-0.15, -0.1) is 0 Å². The molecule has 1 aliphatic rings. The summed E-state index contributed by atoms with van der Waals surface area (Å²) in [6.07, 6.45) is -1.49. The highest BCUT2D eigenvalue weighted by atomic mass is 79.9. The van der Waals surface area contributed by atoms with E-state index in [1.54, 1.807) is 24.3 Å². The Hall–Kier alpha value is -1.56. The maximum Gasteiger partial charge on any atom is 0.408 e. The molecule has 0 bridgehead atoms. The molecule has 0 radical (unpaired) electrons. The van der Waals surface area contributed by atoms with Crippen LogP contribution in [0.5, 0.6) is 0 Å². The highest BCUT2D eigenvalue weighted by molar-refractivity contribution is 9.10. The Labute approximate surface area is 99.5 Å². The number of hydrogen-bond donors (Lipinski definition) is 2. The summed E-state index contributed by atoms with van der Waals surface area (Å²) in [5, 5.41) is 11.2. The summed E-state index contributed by atoms with van der Waals surface area (Å²) >= 11 is 3.27. The maximum absolute atomic E-state index is 11.0. The molecule has 6 heteroatoms. The predicted molar refractivity (Wildman–Crippen MR) is 57.9 cm³/mol. The molecule has 0 spiro atoms. The number of carbonyl (C=O) groups is 2. The van der Waals surface area contributed by atoms with Crippen LogP contribution in [-0.4, -0.2) is 23.2 Å². The lowest BCUT2D eigenvalue weighted by molar-refractivity contribution is -0.140. The molecule has 1 aromatic carbocycles. The summed E-state index contributed by atoms with van der Waals surface area (Å²) in [6.45, 7) is 0. The zero-order valence-corrected chi connectivity index (χ0v) is 9.60.